The van der Waals surface area contributed by atoms with Gasteiger partial charge in [-0.2, -0.15) is 0 Å². The molecule has 120 valence electrons. The molecule has 0 aliphatic rings. The predicted octanol–water partition coefficient (Wildman–Crippen LogP) is 2.38. The molecular formula is C15H24FNO3S. The summed E-state index contributed by atoms with van der Waals surface area (Å²) in [6.45, 7) is 7.18. The van der Waals surface area contributed by atoms with Crippen LogP contribution in [0.2, 0.25) is 0 Å². The maximum absolute atomic E-state index is 13.3. The first-order valence-electron chi connectivity index (χ1n) is 7.16. The monoisotopic (exact) mass is 317 g/mol. The molecule has 0 saturated carbocycles. The zero-order valence-electron chi connectivity index (χ0n) is 12.9. The number of benzene rings is 1. The molecule has 0 amide bonds. The van der Waals surface area contributed by atoms with Gasteiger partial charge in [-0.3, -0.25) is 0 Å². The van der Waals surface area contributed by atoms with Crippen LogP contribution in [0, 0.1) is 11.7 Å². The minimum absolute atomic E-state index is 0.0280. The summed E-state index contributed by atoms with van der Waals surface area (Å²) in [5, 5.41) is 3.22. The summed E-state index contributed by atoms with van der Waals surface area (Å²) in [5.74, 6) is 0.768. The maximum Gasteiger partial charge on any atom is 0.153 e. The highest BCUT2D eigenvalue weighted by molar-refractivity contribution is 7.91. The first-order chi connectivity index (χ1) is 9.84. The van der Waals surface area contributed by atoms with Crippen LogP contribution in [0.4, 0.5) is 4.39 Å². The highest BCUT2D eigenvalue weighted by Crippen LogP contribution is 2.20. The average Bonchev–Trinajstić information content (AvgIpc) is 2.40. The molecule has 6 heteroatoms. The van der Waals surface area contributed by atoms with Crippen molar-refractivity contribution in [3.8, 4) is 5.75 Å². The van der Waals surface area contributed by atoms with E-state index in [1.807, 2.05) is 0 Å². The number of hydrogen-bond acceptors (Lipinski definition) is 4. The maximum atomic E-state index is 13.3. The van der Waals surface area contributed by atoms with E-state index in [2.05, 4.69) is 19.2 Å². The Morgan fingerprint density at radius 1 is 1.33 bits per heavy atom. The topological polar surface area (TPSA) is 55.4 Å². The average molecular weight is 317 g/mol. The summed E-state index contributed by atoms with van der Waals surface area (Å²) >= 11 is 0. The van der Waals surface area contributed by atoms with Crippen molar-refractivity contribution in [1.29, 1.82) is 0 Å². The molecule has 0 bridgehead atoms. The molecule has 0 fully saturated rings. The number of nitrogens with one attached hydrogen (secondary N) is 1. The largest absolute Gasteiger partial charge is 0.492 e. The molecule has 0 unspecified atom stereocenters. The van der Waals surface area contributed by atoms with Crippen molar-refractivity contribution in [2.24, 2.45) is 5.92 Å². The molecular weight excluding hydrogens is 293 g/mol. The molecule has 0 radical (unpaired) electrons. The lowest BCUT2D eigenvalue weighted by atomic mass is 10.1. The van der Waals surface area contributed by atoms with Crippen LogP contribution >= 0.6 is 0 Å². The molecule has 0 spiro atoms. The minimum Gasteiger partial charge on any atom is -0.492 e. The Labute approximate surface area is 126 Å². The molecule has 0 aliphatic carbocycles. The number of sulfone groups is 1. The summed E-state index contributed by atoms with van der Waals surface area (Å²) in [5.41, 5.74) is 0.699. The van der Waals surface area contributed by atoms with Gasteiger partial charge < -0.3 is 10.1 Å². The van der Waals surface area contributed by atoms with Crippen molar-refractivity contribution in [3.63, 3.8) is 0 Å². The van der Waals surface area contributed by atoms with Crippen LogP contribution in [-0.4, -0.2) is 33.1 Å². The molecule has 0 saturated heterocycles. The minimum atomic E-state index is -3.05. The van der Waals surface area contributed by atoms with Gasteiger partial charge in [0.25, 0.3) is 0 Å². The van der Waals surface area contributed by atoms with Crippen LogP contribution in [0.3, 0.4) is 0 Å². The number of hydrogen-bond donors (Lipinski definition) is 1. The molecule has 1 aromatic carbocycles. The Kier molecular flexibility index (Phi) is 7.11. The summed E-state index contributed by atoms with van der Waals surface area (Å²) in [6.07, 6.45) is 0. The van der Waals surface area contributed by atoms with E-state index in [1.165, 1.54) is 12.1 Å². The van der Waals surface area contributed by atoms with E-state index in [-0.39, 0.29) is 23.9 Å². The van der Waals surface area contributed by atoms with Gasteiger partial charge in [-0.1, -0.05) is 20.8 Å². The summed E-state index contributed by atoms with van der Waals surface area (Å²) in [4.78, 5) is 0. The Balaban J connectivity index is 2.64. The third-order valence-corrected chi connectivity index (χ3v) is 4.65. The number of rotatable bonds is 9. The van der Waals surface area contributed by atoms with Crippen LogP contribution in [0.15, 0.2) is 18.2 Å². The van der Waals surface area contributed by atoms with Crippen molar-refractivity contribution >= 4 is 9.84 Å². The SMILES string of the molecule is CCS(=O)(=O)CCOc1ccc(F)cc1CNCC(C)C. The van der Waals surface area contributed by atoms with Gasteiger partial charge in [-0.05, 0) is 30.7 Å². The van der Waals surface area contributed by atoms with Crippen molar-refractivity contribution in [2.45, 2.75) is 27.3 Å². The third kappa shape index (κ3) is 6.91. The van der Waals surface area contributed by atoms with Gasteiger partial charge in [0.1, 0.15) is 18.2 Å². The summed E-state index contributed by atoms with van der Waals surface area (Å²) in [6, 6.07) is 4.27. The van der Waals surface area contributed by atoms with Crippen molar-refractivity contribution < 1.29 is 17.5 Å². The van der Waals surface area contributed by atoms with Crippen LogP contribution in [0.1, 0.15) is 26.3 Å². The quantitative estimate of drug-likeness (QED) is 0.760. The van der Waals surface area contributed by atoms with Crippen molar-refractivity contribution in [1.82, 2.24) is 5.32 Å². The number of halogens is 1. The van der Waals surface area contributed by atoms with E-state index in [1.54, 1.807) is 13.0 Å². The molecule has 0 atom stereocenters. The second-order valence-electron chi connectivity index (χ2n) is 5.36. The van der Waals surface area contributed by atoms with Gasteiger partial charge >= 0.3 is 0 Å². The fourth-order valence-electron chi connectivity index (χ4n) is 1.75. The third-order valence-electron chi connectivity index (χ3n) is 2.98. The standard InChI is InChI=1S/C15H24FNO3S/c1-4-21(18,19)8-7-20-15-6-5-14(16)9-13(15)11-17-10-12(2)3/h5-6,9,12,17H,4,7-8,10-11H2,1-3H3. The smallest absolute Gasteiger partial charge is 0.153 e. The van der Waals surface area contributed by atoms with Gasteiger partial charge in [-0.25, -0.2) is 12.8 Å². The lowest BCUT2D eigenvalue weighted by Crippen LogP contribution is -2.20. The van der Waals surface area contributed by atoms with E-state index in [4.69, 9.17) is 4.74 Å². The Bertz CT molecular complexity index is 544. The lowest BCUT2D eigenvalue weighted by Gasteiger charge is -2.13. The van der Waals surface area contributed by atoms with Gasteiger partial charge in [0.05, 0.1) is 5.75 Å². The first-order valence-corrected chi connectivity index (χ1v) is 8.98. The molecule has 1 N–H and O–H groups in total. The molecule has 1 rings (SSSR count). The Morgan fingerprint density at radius 3 is 2.67 bits per heavy atom. The van der Waals surface area contributed by atoms with Gasteiger partial charge in [0.15, 0.2) is 9.84 Å². The van der Waals surface area contributed by atoms with E-state index >= 15 is 0 Å². The van der Waals surface area contributed by atoms with Gasteiger partial charge in [0, 0.05) is 17.9 Å². The van der Waals surface area contributed by atoms with Crippen molar-refractivity contribution in [2.75, 3.05) is 24.7 Å². The van der Waals surface area contributed by atoms with E-state index in [0.717, 1.165) is 6.54 Å². The molecule has 0 heterocycles. The highest BCUT2D eigenvalue weighted by atomic mass is 32.2. The van der Waals surface area contributed by atoms with Gasteiger partial charge in [0.2, 0.25) is 0 Å². The first kappa shape index (κ1) is 17.9. The van der Waals surface area contributed by atoms with Crippen LogP contribution in [0.5, 0.6) is 5.75 Å². The predicted molar refractivity (Wildman–Crippen MR) is 82.8 cm³/mol. The molecule has 0 aromatic heterocycles. The van der Waals surface area contributed by atoms with Crippen LogP contribution < -0.4 is 10.1 Å². The number of ether oxygens (including phenoxy) is 1. The van der Waals surface area contributed by atoms with Gasteiger partial charge in [-0.15, -0.1) is 0 Å². The Hall–Kier alpha value is -1.14. The summed E-state index contributed by atoms with van der Waals surface area (Å²) in [7, 11) is -3.05. The molecule has 0 aliphatic heterocycles. The molecule has 4 nitrogen and oxygen atoms in total. The molecule has 21 heavy (non-hydrogen) atoms. The zero-order valence-corrected chi connectivity index (χ0v) is 13.7. The lowest BCUT2D eigenvalue weighted by molar-refractivity contribution is 0.335. The van der Waals surface area contributed by atoms with E-state index in [9.17, 15) is 12.8 Å². The Morgan fingerprint density at radius 2 is 2.05 bits per heavy atom. The second kappa shape index (κ2) is 8.34. The fraction of sp³-hybridized carbons (Fsp3) is 0.600. The highest BCUT2D eigenvalue weighted by Gasteiger charge is 2.10. The van der Waals surface area contributed by atoms with Crippen molar-refractivity contribution in [3.05, 3.63) is 29.6 Å². The van der Waals surface area contributed by atoms with E-state index < -0.39 is 9.84 Å². The molecule has 1 aromatic rings. The van der Waals surface area contributed by atoms with Crippen LogP contribution in [0.25, 0.3) is 0 Å². The second-order valence-corrected chi connectivity index (χ2v) is 7.83. The van der Waals surface area contributed by atoms with Crippen LogP contribution in [-0.2, 0) is 16.4 Å². The fourth-order valence-corrected chi connectivity index (χ4v) is 2.37. The van der Waals surface area contributed by atoms with E-state index in [0.29, 0.717) is 23.8 Å². The summed E-state index contributed by atoms with van der Waals surface area (Å²) < 4.78 is 41.7. The zero-order chi connectivity index (χ0) is 15.9. The normalized spacial score (nSPS) is 11.9.